The van der Waals surface area contributed by atoms with E-state index in [0.29, 0.717) is 37.2 Å². The molecule has 0 spiro atoms. The van der Waals surface area contributed by atoms with Crippen LogP contribution in [0.25, 0.3) is 0 Å². The van der Waals surface area contributed by atoms with Crippen molar-refractivity contribution in [2.45, 2.75) is 26.1 Å². The first-order chi connectivity index (χ1) is 14.1. The molecule has 2 aromatic carbocycles. The van der Waals surface area contributed by atoms with Gasteiger partial charge in [0, 0.05) is 39.3 Å². The van der Waals surface area contributed by atoms with Crippen molar-refractivity contribution >= 4 is 5.91 Å². The molecule has 1 aliphatic rings. The van der Waals surface area contributed by atoms with Crippen molar-refractivity contribution < 1.29 is 14.3 Å². The Labute approximate surface area is 173 Å². The third-order valence-corrected chi connectivity index (χ3v) is 5.29. The summed E-state index contributed by atoms with van der Waals surface area (Å²) in [5.41, 5.74) is 2.12. The SMILES string of the molecule is COc1cc(CN(C)C(=O)CN2CCNC[C@H]2C)ccc1OCc1ccccc1. The zero-order valence-corrected chi connectivity index (χ0v) is 17.6. The number of methoxy groups -OCH3 is 1. The van der Waals surface area contributed by atoms with Gasteiger partial charge in [-0.15, -0.1) is 0 Å². The highest BCUT2D eigenvalue weighted by Gasteiger charge is 2.22. The molecule has 1 amide bonds. The van der Waals surface area contributed by atoms with Crippen molar-refractivity contribution in [1.29, 1.82) is 0 Å². The zero-order chi connectivity index (χ0) is 20.6. The lowest BCUT2D eigenvalue weighted by Crippen LogP contribution is -2.52. The highest BCUT2D eigenvalue weighted by atomic mass is 16.5. The Morgan fingerprint density at radius 1 is 1.17 bits per heavy atom. The van der Waals surface area contributed by atoms with Gasteiger partial charge in [-0.1, -0.05) is 36.4 Å². The van der Waals surface area contributed by atoms with Crippen LogP contribution >= 0.6 is 0 Å². The summed E-state index contributed by atoms with van der Waals surface area (Å²) in [5.74, 6) is 1.50. The molecular weight excluding hydrogens is 366 g/mol. The molecule has 0 aromatic heterocycles. The fourth-order valence-corrected chi connectivity index (χ4v) is 3.44. The van der Waals surface area contributed by atoms with E-state index in [9.17, 15) is 4.79 Å². The molecular formula is C23H31N3O3. The Morgan fingerprint density at radius 3 is 2.69 bits per heavy atom. The second kappa shape index (κ2) is 10.3. The molecule has 6 nitrogen and oxygen atoms in total. The van der Waals surface area contributed by atoms with Crippen LogP contribution < -0.4 is 14.8 Å². The van der Waals surface area contributed by atoms with E-state index in [0.717, 1.165) is 30.8 Å². The summed E-state index contributed by atoms with van der Waals surface area (Å²) in [6.07, 6.45) is 0. The number of ether oxygens (including phenoxy) is 2. The van der Waals surface area contributed by atoms with Crippen LogP contribution in [-0.4, -0.2) is 62.1 Å². The third kappa shape index (κ3) is 5.95. The highest BCUT2D eigenvalue weighted by Crippen LogP contribution is 2.29. The van der Waals surface area contributed by atoms with Crippen LogP contribution in [-0.2, 0) is 17.9 Å². The first-order valence-corrected chi connectivity index (χ1v) is 10.1. The summed E-state index contributed by atoms with van der Waals surface area (Å²) in [4.78, 5) is 16.7. The lowest BCUT2D eigenvalue weighted by Gasteiger charge is -2.34. The van der Waals surface area contributed by atoms with Gasteiger partial charge in [-0.25, -0.2) is 0 Å². The van der Waals surface area contributed by atoms with Gasteiger partial charge in [0.2, 0.25) is 5.91 Å². The van der Waals surface area contributed by atoms with Crippen LogP contribution in [0, 0.1) is 0 Å². The minimum Gasteiger partial charge on any atom is -0.493 e. The average molecular weight is 398 g/mol. The predicted molar refractivity (Wildman–Crippen MR) is 114 cm³/mol. The fraction of sp³-hybridized carbons (Fsp3) is 0.435. The molecule has 2 aromatic rings. The smallest absolute Gasteiger partial charge is 0.236 e. The molecule has 0 aliphatic carbocycles. The van der Waals surface area contributed by atoms with E-state index in [4.69, 9.17) is 9.47 Å². The van der Waals surface area contributed by atoms with Gasteiger partial charge >= 0.3 is 0 Å². The molecule has 0 radical (unpaired) electrons. The molecule has 1 fully saturated rings. The number of piperazine rings is 1. The van der Waals surface area contributed by atoms with Crippen molar-refractivity contribution in [2.75, 3.05) is 40.3 Å². The van der Waals surface area contributed by atoms with Crippen molar-refractivity contribution in [3.05, 3.63) is 59.7 Å². The summed E-state index contributed by atoms with van der Waals surface area (Å²) in [6, 6.07) is 16.2. The maximum atomic E-state index is 12.6. The first-order valence-electron chi connectivity index (χ1n) is 10.1. The van der Waals surface area contributed by atoms with Gasteiger partial charge in [0.1, 0.15) is 6.61 Å². The van der Waals surface area contributed by atoms with Gasteiger partial charge in [-0.3, -0.25) is 9.69 Å². The highest BCUT2D eigenvalue weighted by molar-refractivity contribution is 5.78. The number of benzene rings is 2. The largest absolute Gasteiger partial charge is 0.493 e. The quantitative estimate of drug-likeness (QED) is 0.742. The van der Waals surface area contributed by atoms with E-state index in [1.165, 1.54) is 0 Å². The Morgan fingerprint density at radius 2 is 1.97 bits per heavy atom. The third-order valence-electron chi connectivity index (χ3n) is 5.29. The van der Waals surface area contributed by atoms with Gasteiger partial charge in [-0.2, -0.15) is 0 Å². The van der Waals surface area contributed by atoms with Crippen LogP contribution in [0.15, 0.2) is 48.5 Å². The lowest BCUT2D eigenvalue weighted by atomic mass is 10.1. The number of hydrogen-bond donors (Lipinski definition) is 1. The molecule has 0 bridgehead atoms. The molecule has 0 saturated carbocycles. The summed E-state index contributed by atoms with van der Waals surface area (Å²) in [7, 11) is 3.48. The Balaban J connectivity index is 1.57. The van der Waals surface area contributed by atoms with Gasteiger partial charge in [0.25, 0.3) is 0 Å². The predicted octanol–water partition coefficient (Wildman–Crippen LogP) is 2.53. The summed E-state index contributed by atoms with van der Waals surface area (Å²) in [6.45, 7) is 6.39. The number of hydrogen-bond acceptors (Lipinski definition) is 5. The Hall–Kier alpha value is -2.57. The average Bonchev–Trinajstić information content (AvgIpc) is 2.75. The molecule has 6 heteroatoms. The van der Waals surface area contributed by atoms with Gasteiger partial charge in [0.15, 0.2) is 11.5 Å². The van der Waals surface area contributed by atoms with Crippen LogP contribution in [0.4, 0.5) is 0 Å². The van der Waals surface area contributed by atoms with E-state index in [2.05, 4.69) is 17.1 Å². The zero-order valence-electron chi connectivity index (χ0n) is 17.6. The van der Waals surface area contributed by atoms with Crippen LogP contribution in [0.5, 0.6) is 11.5 Å². The van der Waals surface area contributed by atoms with Crippen LogP contribution in [0.1, 0.15) is 18.1 Å². The topological polar surface area (TPSA) is 54.0 Å². The number of carbonyl (C=O) groups is 1. The second-order valence-electron chi connectivity index (χ2n) is 7.53. The van der Waals surface area contributed by atoms with E-state index < -0.39 is 0 Å². The van der Waals surface area contributed by atoms with Gasteiger partial charge in [-0.05, 0) is 30.2 Å². The molecule has 1 N–H and O–H groups in total. The molecule has 1 atom stereocenters. The molecule has 1 aliphatic heterocycles. The number of likely N-dealkylation sites (N-methyl/N-ethyl adjacent to an activating group) is 1. The standard InChI is InChI=1S/C23H31N3O3/c1-18-14-24-11-12-26(18)16-23(27)25(2)15-20-9-10-21(22(13-20)28-3)29-17-19-7-5-4-6-8-19/h4-10,13,18,24H,11-12,14-17H2,1-3H3/t18-/m1/s1. The first kappa shape index (κ1) is 21.1. The Bertz CT molecular complexity index is 797. The molecule has 156 valence electrons. The minimum absolute atomic E-state index is 0.127. The molecule has 1 heterocycles. The van der Waals surface area contributed by atoms with E-state index in [1.54, 1.807) is 12.0 Å². The van der Waals surface area contributed by atoms with Crippen LogP contribution in [0.2, 0.25) is 0 Å². The Kier molecular flexibility index (Phi) is 7.49. The summed E-state index contributed by atoms with van der Waals surface area (Å²) >= 11 is 0. The van der Waals surface area contributed by atoms with Crippen molar-refractivity contribution in [3.63, 3.8) is 0 Å². The molecule has 1 saturated heterocycles. The summed E-state index contributed by atoms with van der Waals surface area (Å²) in [5, 5.41) is 3.35. The van der Waals surface area contributed by atoms with Crippen LogP contribution in [0.3, 0.4) is 0 Å². The fourth-order valence-electron chi connectivity index (χ4n) is 3.44. The normalized spacial score (nSPS) is 17.0. The molecule has 0 unspecified atom stereocenters. The number of amides is 1. The van der Waals surface area contributed by atoms with Crippen molar-refractivity contribution in [3.8, 4) is 11.5 Å². The number of rotatable bonds is 8. The summed E-state index contributed by atoms with van der Waals surface area (Å²) < 4.78 is 11.4. The maximum absolute atomic E-state index is 12.6. The number of nitrogens with one attached hydrogen (secondary N) is 1. The van der Waals surface area contributed by atoms with Crippen molar-refractivity contribution in [2.24, 2.45) is 0 Å². The van der Waals surface area contributed by atoms with Crippen molar-refractivity contribution in [1.82, 2.24) is 15.1 Å². The molecule has 3 rings (SSSR count). The number of carbonyl (C=O) groups excluding carboxylic acids is 1. The van der Waals surface area contributed by atoms with E-state index in [1.807, 2.05) is 55.6 Å². The monoisotopic (exact) mass is 397 g/mol. The van der Waals surface area contributed by atoms with Gasteiger partial charge in [0.05, 0.1) is 13.7 Å². The van der Waals surface area contributed by atoms with Gasteiger partial charge < -0.3 is 19.7 Å². The minimum atomic E-state index is 0.127. The van der Waals surface area contributed by atoms with E-state index >= 15 is 0 Å². The van der Waals surface area contributed by atoms with E-state index in [-0.39, 0.29) is 5.91 Å². The lowest BCUT2D eigenvalue weighted by molar-refractivity contribution is -0.132. The number of nitrogens with zero attached hydrogens (tertiary/aromatic N) is 2. The second-order valence-corrected chi connectivity index (χ2v) is 7.53. The molecule has 29 heavy (non-hydrogen) atoms. The maximum Gasteiger partial charge on any atom is 0.236 e.